The van der Waals surface area contributed by atoms with Gasteiger partial charge in [0.1, 0.15) is 0 Å². The molecule has 1 aliphatic rings. The molecule has 1 aromatic rings. The molecular weight excluding hydrogens is 264 g/mol. The van der Waals surface area contributed by atoms with Gasteiger partial charge in [-0.05, 0) is 45.3 Å². The van der Waals surface area contributed by atoms with E-state index in [1.54, 1.807) is 6.92 Å². The van der Waals surface area contributed by atoms with Gasteiger partial charge in [-0.25, -0.2) is 0 Å². The van der Waals surface area contributed by atoms with Crippen molar-refractivity contribution in [2.75, 3.05) is 20.6 Å². The van der Waals surface area contributed by atoms with Gasteiger partial charge in [0, 0.05) is 12.6 Å². The predicted molar refractivity (Wildman–Crippen MR) is 83.8 cm³/mol. The third-order valence-corrected chi connectivity index (χ3v) is 4.24. The van der Waals surface area contributed by atoms with E-state index < -0.39 is 5.60 Å². The number of carbonyl (C=O) groups is 1. The van der Waals surface area contributed by atoms with Crippen LogP contribution < -0.4 is 5.32 Å². The van der Waals surface area contributed by atoms with Gasteiger partial charge in [0.15, 0.2) is 0 Å². The molecule has 2 N–H and O–H groups in total. The van der Waals surface area contributed by atoms with Gasteiger partial charge in [0.2, 0.25) is 5.91 Å². The molecule has 0 saturated heterocycles. The first-order valence-electron chi connectivity index (χ1n) is 7.61. The Morgan fingerprint density at radius 3 is 2.52 bits per heavy atom. The molecule has 0 heterocycles. The molecule has 4 nitrogen and oxygen atoms in total. The van der Waals surface area contributed by atoms with E-state index in [0.717, 1.165) is 5.56 Å². The van der Waals surface area contributed by atoms with Gasteiger partial charge in [-0.15, -0.1) is 0 Å². The molecule has 1 aromatic carbocycles. The summed E-state index contributed by atoms with van der Waals surface area (Å²) in [6.45, 7) is 2.34. The van der Waals surface area contributed by atoms with E-state index in [4.69, 9.17) is 0 Å². The van der Waals surface area contributed by atoms with E-state index in [0.29, 0.717) is 18.5 Å². The van der Waals surface area contributed by atoms with Crippen LogP contribution >= 0.6 is 0 Å². The number of nitrogens with zero attached hydrogens (tertiary/aromatic N) is 1. The topological polar surface area (TPSA) is 52.6 Å². The van der Waals surface area contributed by atoms with E-state index in [-0.39, 0.29) is 12.3 Å². The molecule has 1 amide bonds. The summed E-state index contributed by atoms with van der Waals surface area (Å²) in [4.78, 5) is 14.3. The number of benzene rings is 1. The minimum Gasteiger partial charge on any atom is -0.385 e. The number of aliphatic hydroxyl groups is 1. The number of amides is 1. The van der Waals surface area contributed by atoms with E-state index in [9.17, 15) is 9.90 Å². The Hall–Kier alpha value is -1.39. The van der Waals surface area contributed by atoms with Crippen molar-refractivity contribution in [3.63, 3.8) is 0 Å². The zero-order valence-electron chi connectivity index (χ0n) is 13.2. The average molecular weight is 290 g/mol. The molecular formula is C17H26N2O2. The molecule has 2 atom stereocenters. The number of carbonyl (C=O) groups excluding carboxylic acids is 1. The SMILES string of the molecule is CN(C)C(CNC(=O)CC(C)(O)c1ccccc1)C1CC1. The average Bonchev–Trinajstić information content (AvgIpc) is 3.23. The highest BCUT2D eigenvalue weighted by atomic mass is 16.3. The molecule has 0 spiro atoms. The smallest absolute Gasteiger partial charge is 0.223 e. The summed E-state index contributed by atoms with van der Waals surface area (Å²) in [5, 5.41) is 13.5. The second-order valence-corrected chi connectivity index (χ2v) is 6.49. The molecule has 0 radical (unpaired) electrons. The van der Waals surface area contributed by atoms with Crippen LogP contribution in [0.2, 0.25) is 0 Å². The number of hydrogen-bond donors (Lipinski definition) is 2. The van der Waals surface area contributed by atoms with Gasteiger partial charge in [-0.3, -0.25) is 4.79 Å². The van der Waals surface area contributed by atoms with E-state index >= 15 is 0 Å². The van der Waals surface area contributed by atoms with Gasteiger partial charge >= 0.3 is 0 Å². The molecule has 0 aromatic heterocycles. The van der Waals surface area contributed by atoms with Crippen molar-refractivity contribution in [1.82, 2.24) is 10.2 Å². The lowest BCUT2D eigenvalue weighted by atomic mass is 9.92. The lowest BCUT2D eigenvalue weighted by molar-refractivity contribution is -0.126. The van der Waals surface area contributed by atoms with Crippen LogP contribution in [0.1, 0.15) is 31.7 Å². The highest BCUT2D eigenvalue weighted by Gasteiger charge is 2.33. The molecule has 4 heteroatoms. The van der Waals surface area contributed by atoms with Crippen molar-refractivity contribution in [2.45, 2.75) is 37.8 Å². The van der Waals surface area contributed by atoms with Gasteiger partial charge in [0.05, 0.1) is 12.0 Å². The number of nitrogens with one attached hydrogen (secondary N) is 1. The summed E-state index contributed by atoms with van der Waals surface area (Å²) in [6, 6.07) is 9.74. The van der Waals surface area contributed by atoms with Crippen LogP contribution in [0, 0.1) is 5.92 Å². The second-order valence-electron chi connectivity index (χ2n) is 6.49. The standard InChI is InChI=1S/C17H26N2O2/c1-17(21,14-7-5-4-6-8-14)11-16(20)18-12-15(19(2)3)13-9-10-13/h4-8,13,15,21H,9-12H2,1-3H3,(H,18,20). The number of rotatable bonds is 7. The van der Waals surface area contributed by atoms with Crippen molar-refractivity contribution in [3.05, 3.63) is 35.9 Å². The van der Waals surface area contributed by atoms with Crippen LogP contribution in [0.15, 0.2) is 30.3 Å². The Bertz CT molecular complexity index is 465. The van der Waals surface area contributed by atoms with E-state index in [1.807, 2.05) is 30.3 Å². The highest BCUT2D eigenvalue weighted by molar-refractivity contribution is 5.77. The largest absolute Gasteiger partial charge is 0.385 e. The maximum Gasteiger partial charge on any atom is 0.223 e. The monoisotopic (exact) mass is 290 g/mol. The fourth-order valence-electron chi connectivity index (χ4n) is 2.74. The van der Waals surface area contributed by atoms with E-state index in [1.165, 1.54) is 12.8 Å². The Kier molecular flexibility index (Phi) is 5.01. The molecule has 2 rings (SSSR count). The normalized spacial score (nSPS) is 19.1. The molecule has 1 aliphatic carbocycles. The molecule has 116 valence electrons. The summed E-state index contributed by atoms with van der Waals surface area (Å²) in [6.07, 6.45) is 2.59. The van der Waals surface area contributed by atoms with Crippen LogP contribution in [0.25, 0.3) is 0 Å². The first-order valence-corrected chi connectivity index (χ1v) is 7.61. The van der Waals surface area contributed by atoms with Crippen LogP contribution in [0.4, 0.5) is 0 Å². The fourth-order valence-corrected chi connectivity index (χ4v) is 2.74. The zero-order valence-corrected chi connectivity index (χ0v) is 13.2. The highest BCUT2D eigenvalue weighted by Crippen LogP contribution is 2.34. The third kappa shape index (κ3) is 4.55. The van der Waals surface area contributed by atoms with Crippen molar-refractivity contribution in [3.8, 4) is 0 Å². The summed E-state index contributed by atoms with van der Waals surface area (Å²) in [5.74, 6) is 0.603. The zero-order chi connectivity index (χ0) is 15.5. The Morgan fingerprint density at radius 1 is 1.38 bits per heavy atom. The summed E-state index contributed by atoms with van der Waals surface area (Å²) in [5.41, 5.74) is -0.357. The van der Waals surface area contributed by atoms with Crippen molar-refractivity contribution >= 4 is 5.91 Å². The molecule has 21 heavy (non-hydrogen) atoms. The van der Waals surface area contributed by atoms with Crippen molar-refractivity contribution < 1.29 is 9.90 Å². The molecule has 0 bridgehead atoms. The maximum absolute atomic E-state index is 12.1. The predicted octanol–water partition coefficient (Wildman–Crippen LogP) is 1.74. The van der Waals surface area contributed by atoms with Gasteiger partial charge in [0.25, 0.3) is 0 Å². The first kappa shape index (κ1) is 16.0. The van der Waals surface area contributed by atoms with Crippen LogP contribution in [-0.2, 0) is 10.4 Å². The molecule has 2 unspecified atom stereocenters. The van der Waals surface area contributed by atoms with Gasteiger partial charge < -0.3 is 15.3 Å². The lowest BCUT2D eigenvalue weighted by Gasteiger charge is -2.26. The summed E-state index contributed by atoms with van der Waals surface area (Å²) >= 11 is 0. The van der Waals surface area contributed by atoms with Crippen molar-refractivity contribution in [2.24, 2.45) is 5.92 Å². The first-order chi connectivity index (χ1) is 9.90. The molecule has 1 fully saturated rings. The second kappa shape index (κ2) is 6.58. The summed E-state index contributed by atoms with van der Waals surface area (Å²) < 4.78 is 0. The Morgan fingerprint density at radius 2 is 2.00 bits per heavy atom. The van der Waals surface area contributed by atoms with Crippen LogP contribution in [0.3, 0.4) is 0 Å². The summed E-state index contributed by atoms with van der Waals surface area (Å²) in [7, 11) is 4.10. The van der Waals surface area contributed by atoms with E-state index in [2.05, 4.69) is 24.3 Å². The Balaban J connectivity index is 1.86. The minimum atomic E-state index is -1.13. The van der Waals surface area contributed by atoms with Gasteiger partial charge in [-0.1, -0.05) is 30.3 Å². The lowest BCUT2D eigenvalue weighted by Crippen LogP contribution is -2.43. The van der Waals surface area contributed by atoms with Crippen LogP contribution in [-0.4, -0.2) is 42.6 Å². The number of hydrogen-bond acceptors (Lipinski definition) is 3. The quantitative estimate of drug-likeness (QED) is 0.804. The fraction of sp³-hybridized carbons (Fsp3) is 0.588. The number of likely N-dealkylation sites (N-methyl/N-ethyl adjacent to an activating group) is 1. The van der Waals surface area contributed by atoms with Crippen LogP contribution in [0.5, 0.6) is 0 Å². The Labute approximate surface area is 127 Å². The van der Waals surface area contributed by atoms with Crippen molar-refractivity contribution in [1.29, 1.82) is 0 Å². The van der Waals surface area contributed by atoms with Gasteiger partial charge in [-0.2, -0.15) is 0 Å². The minimum absolute atomic E-state index is 0.0851. The molecule has 1 saturated carbocycles. The third-order valence-electron chi connectivity index (χ3n) is 4.24. The molecule has 0 aliphatic heterocycles. The maximum atomic E-state index is 12.1.